The van der Waals surface area contributed by atoms with Crippen LogP contribution in [0.15, 0.2) is 53.3 Å². The predicted octanol–water partition coefficient (Wildman–Crippen LogP) is 4.87. The van der Waals surface area contributed by atoms with Crippen molar-refractivity contribution in [2.75, 3.05) is 31.1 Å². The standard InChI is InChI=1S/C25H25ClN4O2S/c1-3-20(24(31)29-13-11-28(12-14-29)18-8-6-7-17(26)15-18)30-25(32)22-19-9-4-5-10-21(19)33-23(22)16(2)27-30/h4-10,15,20H,3,11-14H2,1-2H3. The Morgan fingerprint density at radius 3 is 2.61 bits per heavy atom. The van der Waals surface area contributed by atoms with E-state index in [0.29, 0.717) is 29.9 Å². The molecule has 4 aromatic rings. The van der Waals surface area contributed by atoms with Crippen molar-refractivity contribution in [3.05, 3.63) is 69.6 Å². The number of hydrogen-bond acceptors (Lipinski definition) is 5. The Hall–Kier alpha value is -2.90. The molecule has 3 heterocycles. The third-order valence-corrected chi connectivity index (χ3v) is 7.85. The summed E-state index contributed by atoms with van der Waals surface area (Å²) in [5, 5.41) is 6.90. The minimum atomic E-state index is -0.614. The van der Waals surface area contributed by atoms with E-state index in [9.17, 15) is 9.59 Å². The molecule has 5 rings (SSSR count). The molecule has 0 spiro atoms. The SMILES string of the molecule is CCC(C(=O)N1CCN(c2cccc(Cl)c2)CC1)n1nc(C)c2sc3ccccc3c2c1=O. The van der Waals surface area contributed by atoms with Crippen molar-refractivity contribution in [1.29, 1.82) is 0 Å². The highest BCUT2D eigenvalue weighted by Crippen LogP contribution is 2.33. The number of anilines is 1. The second kappa shape index (κ2) is 8.80. The second-order valence-corrected chi connectivity index (χ2v) is 9.84. The van der Waals surface area contributed by atoms with E-state index in [2.05, 4.69) is 10.00 Å². The summed E-state index contributed by atoms with van der Waals surface area (Å²) in [7, 11) is 0. The van der Waals surface area contributed by atoms with Crippen LogP contribution in [-0.2, 0) is 4.79 Å². The monoisotopic (exact) mass is 480 g/mol. The number of piperazine rings is 1. The zero-order chi connectivity index (χ0) is 23.1. The van der Waals surface area contributed by atoms with Crippen molar-refractivity contribution in [3.63, 3.8) is 0 Å². The number of carbonyl (C=O) groups excluding carboxylic acids is 1. The topological polar surface area (TPSA) is 58.4 Å². The van der Waals surface area contributed by atoms with E-state index in [1.54, 1.807) is 11.3 Å². The third-order valence-electron chi connectivity index (χ3n) is 6.34. The van der Waals surface area contributed by atoms with Crippen LogP contribution >= 0.6 is 22.9 Å². The minimum absolute atomic E-state index is 0.0453. The van der Waals surface area contributed by atoms with Crippen LogP contribution in [0, 0.1) is 6.92 Å². The highest BCUT2D eigenvalue weighted by Gasteiger charge is 2.30. The second-order valence-electron chi connectivity index (χ2n) is 8.35. The lowest BCUT2D eigenvalue weighted by molar-refractivity contribution is -0.135. The van der Waals surface area contributed by atoms with E-state index in [0.717, 1.165) is 39.3 Å². The minimum Gasteiger partial charge on any atom is -0.368 e. The lowest BCUT2D eigenvalue weighted by atomic mass is 10.1. The quantitative estimate of drug-likeness (QED) is 0.418. The van der Waals surface area contributed by atoms with Crippen molar-refractivity contribution in [2.45, 2.75) is 26.3 Å². The molecule has 1 atom stereocenters. The number of halogens is 1. The van der Waals surface area contributed by atoms with Crippen LogP contribution in [-0.4, -0.2) is 46.8 Å². The lowest BCUT2D eigenvalue weighted by Crippen LogP contribution is -2.51. The molecular formula is C25H25ClN4O2S. The summed E-state index contributed by atoms with van der Waals surface area (Å²) >= 11 is 7.72. The molecule has 1 aliphatic heterocycles. The first-order valence-corrected chi connectivity index (χ1v) is 12.4. The molecule has 2 aromatic heterocycles. The number of rotatable bonds is 4. The van der Waals surface area contributed by atoms with Gasteiger partial charge >= 0.3 is 0 Å². The molecule has 170 valence electrons. The fraction of sp³-hybridized carbons (Fsp3) is 0.320. The maximum Gasteiger partial charge on any atom is 0.276 e. The van der Waals surface area contributed by atoms with E-state index in [4.69, 9.17) is 11.6 Å². The number of nitrogens with zero attached hydrogens (tertiary/aromatic N) is 4. The first-order valence-electron chi connectivity index (χ1n) is 11.2. The molecule has 2 aromatic carbocycles. The summed E-state index contributed by atoms with van der Waals surface area (Å²) in [6.45, 7) is 6.48. The molecule has 1 aliphatic rings. The maximum atomic E-state index is 13.5. The molecule has 6 nitrogen and oxygen atoms in total. The Morgan fingerprint density at radius 2 is 1.88 bits per heavy atom. The third kappa shape index (κ3) is 3.89. The number of amides is 1. The van der Waals surface area contributed by atoms with Gasteiger partial charge in [-0.25, -0.2) is 4.68 Å². The van der Waals surface area contributed by atoms with Crippen molar-refractivity contribution in [1.82, 2.24) is 14.7 Å². The van der Waals surface area contributed by atoms with E-state index in [1.807, 2.05) is 67.3 Å². The molecule has 1 saturated heterocycles. The molecule has 1 fully saturated rings. The Bertz CT molecular complexity index is 1400. The molecule has 0 saturated carbocycles. The smallest absolute Gasteiger partial charge is 0.276 e. The Kier molecular flexibility index (Phi) is 5.85. The number of thiophene rings is 1. The number of carbonyl (C=O) groups is 1. The van der Waals surface area contributed by atoms with E-state index in [1.165, 1.54) is 4.68 Å². The molecule has 0 aliphatic carbocycles. The molecule has 0 bridgehead atoms. The van der Waals surface area contributed by atoms with Crippen molar-refractivity contribution < 1.29 is 4.79 Å². The van der Waals surface area contributed by atoms with Gasteiger partial charge in [0, 0.05) is 47.0 Å². The number of aromatic nitrogens is 2. The van der Waals surface area contributed by atoms with Gasteiger partial charge in [-0.3, -0.25) is 9.59 Å². The van der Waals surface area contributed by atoms with Crippen LogP contribution in [0.3, 0.4) is 0 Å². The first kappa shape index (κ1) is 21.9. The van der Waals surface area contributed by atoms with Gasteiger partial charge in [-0.1, -0.05) is 42.8 Å². The zero-order valence-electron chi connectivity index (χ0n) is 18.6. The van der Waals surface area contributed by atoms with Crippen LogP contribution in [0.25, 0.3) is 20.2 Å². The number of benzene rings is 2. The highest BCUT2D eigenvalue weighted by atomic mass is 35.5. The van der Waals surface area contributed by atoms with Gasteiger partial charge in [0.1, 0.15) is 6.04 Å². The van der Waals surface area contributed by atoms with Gasteiger partial charge in [0.2, 0.25) is 5.91 Å². The van der Waals surface area contributed by atoms with Gasteiger partial charge in [0.05, 0.1) is 15.8 Å². The van der Waals surface area contributed by atoms with Crippen molar-refractivity contribution in [2.24, 2.45) is 0 Å². The van der Waals surface area contributed by atoms with Crippen LogP contribution in [0.5, 0.6) is 0 Å². The molecule has 0 N–H and O–H groups in total. The highest BCUT2D eigenvalue weighted by molar-refractivity contribution is 7.26. The van der Waals surface area contributed by atoms with E-state index in [-0.39, 0.29) is 11.5 Å². The van der Waals surface area contributed by atoms with Gasteiger partial charge in [-0.15, -0.1) is 11.3 Å². The average Bonchev–Trinajstić information content (AvgIpc) is 3.23. The van der Waals surface area contributed by atoms with Crippen LogP contribution in [0.4, 0.5) is 5.69 Å². The number of hydrogen-bond donors (Lipinski definition) is 0. The number of fused-ring (bicyclic) bond motifs is 3. The number of aryl methyl sites for hydroxylation is 1. The summed E-state index contributed by atoms with van der Waals surface area (Å²) in [6.07, 6.45) is 0.507. The Balaban J connectivity index is 1.43. The fourth-order valence-electron chi connectivity index (χ4n) is 4.61. The molecule has 33 heavy (non-hydrogen) atoms. The van der Waals surface area contributed by atoms with Gasteiger partial charge in [-0.05, 0) is 37.6 Å². The van der Waals surface area contributed by atoms with Gasteiger partial charge < -0.3 is 9.80 Å². The largest absolute Gasteiger partial charge is 0.368 e. The molecule has 0 radical (unpaired) electrons. The summed E-state index contributed by atoms with van der Waals surface area (Å²) < 4.78 is 3.38. The van der Waals surface area contributed by atoms with Gasteiger partial charge in [-0.2, -0.15) is 5.10 Å². The van der Waals surface area contributed by atoms with Crippen LogP contribution in [0.1, 0.15) is 25.1 Å². The summed E-state index contributed by atoms with van der Waals surface area (Å²) in [5.41, 5.74) is 1.65. The fourth-order valence-corrected chi connectivity index (χ4v) is 5.93. The van der Waals surface area contributed by atoms with Crippen LogP contribution in [0.2, 0.25) is 5.02 Å². The van der Waals surface area contributed by atoms with Crippen molar-refractivity contribution in [3.8, 4) is 0 Å². The van der Waals surface area contributed by atoms with Gasteiger partial charge in [0.15, 0.2) is 0 Å². The van der Waals surface area contributed by atoms with Crippen molar-refractivity contribution >= 4 is 54.7 Å². The molecule has 8 heteroatoms. The summed E-state index contributed by atoms with van der Waals surface area (Å²) in [6, 6.07) is 15.1. The van der Waals surface area contributed by atoms with Gasteiger partial charge in [0.25, 0.3) is 5.56 Å². The summed E-state index contributed by atoms with van der Waals surface area (Å²) in [5.74, 6) is -0.0453. The van der Waals surface area contributed by atoms with E-state index >= 15 is 0 Å². The molecular weight excluding hydrogens is 456 g/mol. The Labute approximate surface area is 201 Å². The predicted molar refractivity (Wildman–Crippen MR) is 136 cm³/mol. The Morgan fingerprint density at radius 1 is 1.12 bits per heavy atom. The molecule has 1 amide bonds. The first-order chi connectivity index (χ1) is 16.0. The maximum absolute atomic E-state index is 13.5. The normalized spacial score (nSPS) is 15.4. The average molecular weight is 481 g/mol. The lowest BCUT2D eigenvalue weighted by Gasteiger charge is -2.37. The summed E-state index contributed by atoms with van der Waals surface area (Å²) in [4.78, 5) is 31.1. The zero-order valence-corrected chi connectivity index (χ0v) is 20.2. The molecule has 1 unspecified atom stereocenters. The van der Waals surface area contributed by atoms with Crippen LogP contribution < -0.4 is 10.5 Å². The van der Waals surface area contributed by atoms with E-state index < -0.39 is 6.04 Å².